The van der Waals surface area contributed by atoms with Gasteiger partial charge in [-0.05, 0) is 61.5 Å². The summed E-state index contributed by atoms with van der Waals surface area (Å²) >= 11 is 6.06. The molecule has 0 atom stereocenters. The van der Waals surface area contributed by atoms with E-state index in [-0.39, 0.29) is 11.1 Å². The number of hydrogen-bond acceptors (Lipinski definition) is 3. The number of amides is 1. The molecular formula is C20H16ClFN2O2. The van der Waals surface area contributed by atoms with Gasteiger partial charge in [0.15, 0.2) is 0 Å². The summed E-state index contributed by atoms with van der Waals surface area (Å²) in [4.78, 5) is 16.4. The summed E-state index contributed by atoms with van der Waals surface area (Å²) in [6, 6.07) is 14.5. The summed E-state index contributed by atoms with van der Waals surface area (Å²) in [5.41, 5.74) is 1.38. The van der Waals surface area contributed by atoms with Gasteiger partial charge in [0.05, 0.1) is 17.3 Å². The number of nitrogens with zero attached hydrogens (tertiary/aromatic N) is 1. The van der Waals surface area contributed by atoms with Crippen molar-refractivity contribution in [3.8, 4) is 17.0 Å². The molecule has 0 bridgehead atoms. The molecule has 0 saturated carbocycles. The highest BCUT2D eigenvalue weighted by atomic mass is 35.5. The highest BCUT2D eigenvalue weighted by molar-refractivity contribution is 6.33. The molecule has 0 spiro atoms. The molecular weight excluding hydrogens is 355 g/mol. The highest BCUT2D eigenvalue weighted by Gasteiger charge is 2.14. The van der Waals surface area contributed by atoms with Crippen LogP contribution in [0.25, 0.3) is 11.3 Å². The second-order valence-corrected chi connectivity index (χ2v) is 5.85. The van der Waals surface area contributed by atoms with Gasteiger partial charge in [0.1, 0.15) is 11.6 Å². The Morgan fingerprint density at radius 1 is 1.19 bits per heavy atom. The summed E-state index contributed by atoms with van der Waals surface area (Å²) in [6.45, 7) is 2.46. The van der Waals surface area contributed by atoms with Crippen LogP contribution in [0.5, 0.6) is 5.75 Å². The highest BCUT2D eigenvalue weighted by Crippen LogP contribution is 2.28. The molecule has 4 nitrogen and oxygen atoms in total. The predicted molar refractivity (Wildman–Crippen MR) is 100 cm³/mol. The van der Waals surface area contributed by atoms with Gasteiger partial charge in [-0.3, -0.25) is 9.78 Å². The minimum absolute atomic E-state index is 0.201. The Hall–Kier alpha value is -2.92. The molecule has 132 valence electrons. The third-order valence-electron chi connectivity index (χ3n) is 3.67. The van der Waals surface area contributed by atoms with Crippen molar-refractivity contribution in [2.24, 2.45) is 0 Å². The molecule has 26 heavy (non-hydrogen) atoms. The van der Waals surface area contributed by atoms with Gasteiger partial charge in [0.2, 0.25) is 0 Å². The summed E-state index contributed by atoms with van der Waals surface area (Å²) in [5, 5.41) is 3.07. The van der Waals surface area contributed by atoms with Gasteiger partial charge in [-0.2, -0.15) is 0 Å². The molecule has 0 aliphatic heterocycles. The molecule has 3 aromatic rings. The minimum Gasteiger partial charge on any atom is -0.494 e. The van der Waals surface area contributed by atoms with Gasteiger partial charge in [-0.25, -0.2) is 4.39 Å². The molecule has 2 aromatic carbocycles. The van der Waals surface area contributed by atoms with E-state index in [4.69, 9.17) is 16.3 Å². The van der Waals surface area contributed by atoms with Crippen LogP contribution in [0.3, 0.4) is 0 Å². The van der Waals surface area contributed by atoms with E-state index < -0.39 is 11.7 Å². The predicted octanol–water partition coefficient (Wildman–Crippen LogP) is 5.19. The molecule has 0 radical (unpaired) electrons. The second kappa shape index (κ2) is 7.97. The largest absolute Gasteiger partial charge is 0.494 e. The first kappa shape index (κ1) is 17.9. The van der Waals surface area contributed by atoms with Crippen LogP contribution in [0, 0.1) is 5.82 Å². The zero-order chi connectivity index (χ0) is 18.5. The molecule has 1 heterocycles. The van der Waals surface area contributed by atoms with Crippen LogP contribution in [0.1, 0.15) is 17.3 Å². The van der Waals surface area contributed by atoms with Gasteiger partial charge < -0.3 is 10.1 Å². The molecule has 0 saturated heterocycles. The van der Waals surface area contributed by atoms with Crippen molar-refractivity contribution in [3.63, 3.8) is 0 Å². The first-order valence-corrected chi connectivity index (χ1v) is 8.41. The number of carbonyl (C=O) groups is 1. The molecule has 1 aromatic heterocycles. The van der Waals surface area contributed by atoms with Crippen LogP contribution >= 0.6 is 11.6 Å². The van der Waals surface area contributed by atoms with E-state index in [1.54, 1.807) is 36.4 Å². The van der Waals surface area contributed by atoms with Crippen molar-refractivity contribution in [2.45, 2.75) is 6.92 Å². The number of benzene rings is 2. The van der Waals surface area contributed by atoms with E-state index in [2.05, 4.69) is 10.3 Å². The molecule has 1 N–H and O–H groups in total. The molecule has 0 aliphatic carbocycles. The Morgan fingerprint density at radius 3 is 2.62 bits per heavy atom. The summed E-state index contributed by atoms with van der Waals surface area (Å²) in [6.07, 6.45) is 1.53. The van der Waals surface area contributed by atoms with Crippen molar-refractivity contribution < 1.29 is 13.9 Å². The fourth-order valence-electron chi connectivity index (χ4n) is 2.44. The second-order valence-electron chi connectivity index (χ2n) is 5.44. The SMILES string of the molecule is CCOc1ccc(NC(=O)c2ccc(-c3ncccc3Cl)c(F)c2)cc1. The zero-order valence-electron chi connectivity index (χ0n) is 14.0. The number of anilines is 1. The standard InChI is InChI=1S/C20H16ClFN2O2/c1-2-26-15-8-6-14(7-9-15)24-20(25)13-5-10-16(18(22)12-13)19-17(21)4-3-11-23-19/h3-12H,2H2,1H3,(H,24,25). The summed E-state index contributed by atoms with van der Waals surface area (Å²) < 4.78 is 19.8. The maximum Gasteiger partial charge on any atom is 0.255 e. The monoisotopic (exact) mass is 370 g/mol. The average molecular weight is 371 g/mol. The topological polar surface area (TPSA) is 51.2 Å². The number of aromatic nitrogens is 1. The van der Waals surface area contributed by atoms with Crippen molar-refractivity contribution in [3.05, 3.63) is 77.2 Å². The van der Waals surface area contributed by atoms with Gasteiger partial charge in [-0.15, -0.1) is 0 Å². The Balaban J connectivity index is 1.78. The van der Waals surface area contributed by atoms with Crippen molar-refractivity contribution in [1.82, 2.24) is 4.98 Å². The lowest BCUT2D eigenvalue weighted by atomic mass is 10.1. The van der Waals surface area contributed by atoms with Crippen LogP contribution in [-0.2, 0) is 0 Å². The lowest BCUT2D eigenvalue weighted by molar-refractivity contribution is 0.102. The van der Waals surface area contributed by atoms with E-state index in [1.165, 1.54) is 24.4 Å². The lowest BCUT2D eigenvalue weighted by Gasteiger charge is -2.09. The van der Waals surface area contributed by atoms with Crippen LogP contribution in [0.2, 0.25) is 5.02 Å². The number of carbonyl (C=O) groups excluding carboxylic acids is 1. The Labute approximate surface area is 155 Å². The molecule has 1 amide bonds. The normalized spacial score (nSPS) is 10.4. The van der Waals surface area contributed by atoms with Crippen LogP contribution in [-0.4, -0.2) is 17.5 Å². The van der Waals surface area contributed by atoms with E-state index >= 15 is 0 Å². The number of nitrogens with one attached hydrogen (secondary N) is 1. The van der Waals surface area contributed by atoms with E-state index in [0.717, 1.165) is 0 Å². The Morgan fingerprint density at radius 2 is 1.96 bits per heavy atom. The van der Waals surface area contributed by atoms with E-state index in [0.29, 0.717) is 28.8 Å². The number of hydrogen-bond donors (Lipinski definition) is 1. The molecule has 6 heteroatoms. The number of ether oxygens (including phenoxy) is 1. The first-order valence-electron chi connectivity index (χ1n) is 8.03. The molecule has 0 aliphatic rings. The quantitative estimate of drug-likeness (QED) is 0.672. The third kappa shape index (κ3) is 4.00. The first-order chi connectivity index (χ1) is 12.6. The molecule has 0 unspecified atom stereocenters. The summed E-state index contributed by atoms with van der Waals surface area (Å²) in [5.74, 6) is -0.259. The third-order valence-corrected chi connectivity index (χ3v) is 3.97. The maximum atomic E-state index is 14.5. The number of halogens is 2. The van der Waals surface area contributed by atoms with Crippen molar-refractivity contribution in [2.75, 3.05) is 11.9 Å². The van der Waals surface area contributed by atoms with E-state index in [9.17, 15) is 9.18 Å². The van der Waals surface area contributed by atoms with Gasteiger partial charge >= 0.3 is 0 Å². The van der Waals surface area contributed by atoms with Crippen LogP contribution in [0.15, 0.2) is 60.8 Å². The van der Waals surface area contributed by atoms with Crippen LogP contribution in [0.4, 0.5) is 10.1 Å². The smallest absolute Gasteiger partial charge is 0.255 e. The van der Waals surface area contributed by atoms with Crippen LogP contribution < -0.4 is 10.1 Å². The zero-order valence-corrected chi connectivity index (χ0v) is 14.8. The molecule has 3 rings (SSSR count). The van der Waals surface area contributed by atoms with Gasteiger partial charge in [0.25, 0.3) is 5.91 Å². The van der Waals surface area contributed by atoms with E-state index in [1.807, 2.05) is 6.92 Å². The van der Waals surface area contributed by atoms with Crippen molar-refractivity contribution in [1.29, 1.82) is 0 Å². The van der Waals surface area contributed by atoms with Gasteiger partial charge in [0, 0.05) is 23.0 Å². The lowest BCUT2D eigenvalue weighted by Crippen LogP contribution is -2.12. The average Bonchev–Trinajstić information content (AvgIpc) is 2.64. The molecule has 0 fully saturated rings. The fourth-order valence-corrected chi connectivity index (χ4v) is 2.66. The summed E-state index contributed by atoms with van der Waals surface area (Å²) in [7, 11) is 0. The minimum atomic E-state index is -0.565. The van der Waals surface area contributed by atoms with Gasteiger partial charge in [-0.1, -0.05) is 11.6 Å². The maximum absolute atomic E-state index is 14.5. The van der Waals surface area contributed by atoms with Crippen molar-refractivity contribution >= 4 is 23.2 Å². The Bertz CT molecular complexity index is 929. The Kier molecular flexibility index (Phi) is 5.49. The fraction of sp³-hybridized carbons (Fsp3) is 0.100. The number of rotatable bonds is 5. The number of pyridine rings is 1.